The van der Waals surface area contributed by atoms with Gasteiger partial charge in [-0.2, -0.15) is 0 Å². The Morgan fingerprint density at radius 2 is 2.10 bits per heavy atom. The SMILES string of the molecule is Cc1cc([N+](=O)[O-])ccc1NC(=O)c1cc(Br)cn1C. The van der Waals surface area contributed by atoms with Gasteiger partial charge in [0.1, 0.15) is 5.69 Å². The van der Waals surface area contributed by atoms with Crippen molar-refractivity contribution in [2.75, 3.05) is 5.32 Å². The first-order chi connectivity index (χ1) is 9.38. The molecule has 2 aromatic rings. The van der Waals surface area contributed by atoms with Crippen LogP contribution in [0.2, 0.25) is 0 Å². The van der Waals surface area contributed by atoms with Crippen molar-refractivity contribution in [1.82, 2.24) is 4.57 Å². The Labute approximate surface area is 123 Å². The maximum atomic E-state index is 12.1. The number of halogens is 1. The van der Waals surface area contributed by atoms with E-state index in [1.165, 1.54) is 18.2 Å². The number of nitro groups is 1. The summed E-state index contributed by atoms with van der Waals surface area (Å²) >= 11 is 3.30. The van der Waals surface area contributed by atoms with E-state index in [-0.39, 0.29) is 11.6 Å². The molecule has 1 heterocycles. The Morgan fingerprint density at radius 1 is 1.40 bits per heavy atom. The van der Waals surface area contributed by atoms with Crippen molar-refractivity contribution in [3.63, 3.8) is 0 Å². The lowest BCUT2D eigenvalue weighted by Gasteiger charge is -2.08. The molecule has 0 atom stereocenters. The number of non-ortho nitro benzene ring substituents is 1. The van der Waals surface area contributed by atoms with Gasteiger partial charge in [0.15, 0.2) is 0 Å². The van der Waals surface area contributed by atoms with Gasteiger partial charge in [0, 0.05) is 35.5 Å². The van der Waals surface area contributed by atoms with Gasteiger partial charge in [-0.05, 0) is 40.5 Å². The van der Waals surface area contributed by atoms with Crippen LogP contribution in [0.25, 0.3) is 0 Å². The fraction of sp³-hybridized carbons (Fsp3) is 0.154. The molecule has 0 unspecified atom stereocenters. The van der Waals surface area contributed by atoms with Crippen LogP contribution in [0.15, 0.2) is 34.9 Å². The molecular weight excluding hydrogens is 326 g/mol. The van der Waals surface area contributed by atoms with Crippen molar-refractivity contribution in [3.8, 4) is 0 Å². The van der Waals surface area contributed by atoms with E-state index in [9.17, 15) is 14.9 Å². The standard InChI is InChI=1S/C13H12BrN3O3/c1-8-5-10(17(19)20)3-4-11(8)15-13(18)12-6-9(14)7-16(12)2/h3-7H,1-2H3,(H,15,18). The van der Waals surface area contributed by atoms with Crippen LogP contribution in [0.4, 0.5) is 11.4 Å². The predicted octanol–water partition coefficient (Wildman–Crippen LogP) is 3.26. The summed E-state index contributed by atoms with van der Waals surface area (Å²) in [6.07, 6.45) is 1.78. The summed E-state index contributed by atoms with van der Waals surface area (Å²) < 4.78 is 2.51. The highest BCUT2D eigenvalue weighted by Crippen LogP contribution is 2.22. The number of aryl methyl sites for hydroxylation is 2. The Morgan fingerprint density at radius 3 is 2.60 bits per heavy atom. The topological polar surface area (TPSA) is 77.2 Å². The zero-order chi connectivity index (χ0) is 14.9. The van der Waals surface area contributed by atoms with Gasteiger partial charge >= 0.3 is 0 Å². The van der Waals surface area contributed by atoms with Crippen molar-refractivity contribution in [3.05, 3.63) is 56.3 Å². The molecule has 6 nitrogen and oxygen atoms in total. The maximum absolute atomic E-state index is 12.1. The number of benzene rings is 1. The summed E-state index contributed by atoms with van der Waals surface area (Å²) in [6, 6.07) is 6.03. The fourth-order valence-corrected chi connectivity index (χ4v) is 2.36. The van der Waals surface area contributed by atoms with Crippen LogP contribution in [-0.2, 0) is 7.05 Å². The van der Waals surface area contributed by atoms with Crippen LogP contribution < -0.4 is 5.32 Å². The van der Waals surface area contributed by atoms with Gasteiger partial charge in [-0.15, -0.1) is 0 Å². The summed E-state index contributed by atoms with van der Waals surface area (Å²) in [4.78, 5) is 22.3. The Bertz CT molecular complexity index is 694. The Hall–Kier alpha value is -2.15. The molecule has 2 rings (SSSR count). The van der Waals surface area contributed by atoms with Crippen LogP contribution in [0.5, 0.6) is 0 Å². The Balaban J connectivity index is 2.24. The molecule has 1 aromatic carbocycles. The lowest BCUT2D eigenvalue weighted by Crippen LogP contribution is -2.16. The highest BCUT2D eigenvalue weighted by molar-refractivity contribution is 9.10. The molecule has 0 spiro atoms. The highest BCUT2D eigenvalue weighted by Gasteiger charge is 2.14. The van der Waals surface area contributed by atoms with E-state index in [4.69, 9.17) is 0 Å². The molecule has 0 saturated heterocycles. The van der Waals surface area contributed by atoms with E-state index in [1.54, 1.807) is 30.8 Å². The number of carbonyl (C=O) groups excluding carboxylic acids is 1. The summed E-state index contributed by atoms with van der Waals surface area (Å²) in [5, 5.41) is 13.4. The van der Waals surface area contributed by atoms with E-state index >= 15 is 0 Å². The molecule has 0 bridgehead atoms. The number of nitrogens with zero attached hydrogens (tertiary/aromatic N) is 2. The van der Waals surface area contributed by atoms with E-state index < -0.39 is 4.92 Å². The third kappa shape index (κ3) is 2.88. The lowest BCUT2D eigenvalue weighted by molar-refractivity contribution is -0.384. The molecule has 104 valence electrons. The van der Waals surface area contributed by atoms with Crippen LogP contribution in [0.3, 0.4) is 0 Å². The molecule has 1 N–H and O–H groups in total. The molecule has 0 aliphatic rings. The second kappa shape index (κ2) is 5.46. The monoisotopic (exact) mass is 337 g/mol. The maximum Gasteiger partial charge on any atom is 0.272 e. The molecule has 1 aromatic heterocycles. The second-order valence-corrected chi connectivity index (χ2v) is 5.28. The van der Waals surface area contributed by atoms with Gasteiger partial charge in [-0.3, -0.25) is 14.9 Å². The zero-order valence-corrected chi connectivity index (χ0v) is 12.5. The van der Waals surface area contributed by atoms with Crippen molar-refractivity contribution < 1.29 is 9.72 Å². The second-order valence-electron chi connectivity index (χ2n) is 4.36. The third-order valence-electron chi connectivity index (χ3n) is 2.87. The number of carbonyl (C=O) groups is 1. The highest BCUT2D eigenvalue weighted by atomic mass is 79.9. The van der Waals surface area contributed by atoms with Gasteiger partial charge in [0.25, 0.3) is 11.6 Å². The number of rotatable bonds is 3. The largest absolute Gasteiger partial charge is 0.345 e. The molecular formula is C13H12BrN3O3. The van der Waals surface area contributed by atoms with Gasteiger partial charge in [-0.25, -0.2) is 0 Å². The van der Waals surface area contributed by atoms with Crippen molar-refractivity contribution in [2.24, 2.45) is 7.05 Å². The zero-order valence-electron chi connectivity index (χ0n) is 10.9. The number of aromatic nitrogens is 1. The molecule has 20 heavy (non-hydrogen) atoms. The molecule has 0 aliphatic carbocycles. The molecule has 7 heteroatoms. The summed E-state index contributed by atoms with van der Waals surface area (Å²) in [7, 11) is 1.77. The van der Waals surface area contributed by atoms with E-state index in [1.807, 2.05) is 0 Å². The number of nitro benzene ring substituents is 1. The quantitative estimate of drug-likeness (QED) is 0.689. The first-order valence-electron chi connectivity index (χ1n) is 5.76. The van der Waals surface area contributed by atoms with Gasteiger partial charge in [0.2, 0.25) is 0 Å². The van der Waals surface area contributed by atoms with Crippen LogP contribution in [0, 0.1) is 17.0 Å². The van der Waals surface area contributed by atoms with E-state index in [0.717, 1.165) is 4.47 Å². The minimum Gasteiger partial charge on any atom is -0.345 e. The first kappa shape index (κ1) is 14.3. The summed E-state index contributed by atoms with van der Waals surface area (Å²) in [6.45, 7) is 1.71. The minimum atomic E-state index is -0.465. The first-order valence-corrected chi connectivity index (χ1v) is 6.56. The lowest BCUT2D eigenvalue weighted by atomic mass is 10.1. The van der Waals surface area contributed by atoms with Crippen LogP contribution >= 0.6 is 15.9 Å². The van der Waals surface area contributed by atoms with Crippen molar-refractivity contribution in [2.45, 2.75) is 6.92 Å². The van der Waals surface area contributed by atoms with E-state index in [0.29, 0.717) is 16.9 Å². The van der Waals surface area contributed by atoms with Crippen molar-refractivity contribution in [1.29, 1.82) is 0 Å². The summed E-state index contributed by atoms with van der Waals surface area (Å²) in [5.41, 5.74) is 1.69. The average molecular weight is 338 g/mol. The van der Waals surface area contributed by atoms with Gasteiger partial charge in [0.05, 0.1) is 4.92 Å². The fourth-order valence-electron chi connectivity index (χ4n) is 1.84. The number of anilines is 1. The minimum absolute atomic E-state index is 0.00195. The van der Waals surface area contributed by atoms with Crippen molar-refractivity contribution >= 4 is 33.2 Å². The van der Waals surface area contributed by atoms with Crippen LogP contribution in [0.1, 0.15) is 16.1 Å². The number of nitrogens with one attached hydrogen (secondary N) is 1. The number of amides is 1. The molecule has 0 fully saturated rings. The molecule has 1 amide bonds. The van der Waals surface area contributed by atoms with Crippen LogP contribution in [-0.4, -0.2) is 15.4 Å². The average Bonchev–Trinajstić information content (AvgIpc) is 2.70. The molecule has 0 radical (unpaired) electrons. The molecule has 0 saturated carbocycles. The normalized spacial score (nSPS) is 10.3. The summed E-state index contributed by atoms with van der Waals surface area (Å²) in [5.74, 6) is -0.268. The predicted molar refractivity (Wildman–Crippen MR) is 78.9 cm³/mol. The van der Waals surface area contributed by atoms with Gasteiger partial charge < -0.3 is 9.88 Å². The number of hydrogen-bond donors (Lipinski definition) is 1. The number of hydrogen-bond acceptors (Lipinski definition) is 3. The Kier molecular flexibility index (Phi) is 3.89. The third-order valence-corrected chi connectivity index (χ3v) is 3.31. The molecule has 0 aliphatic heterocycles. The smallest absolute Gasteiger partial charge is 0.272 e. The van der Waals surface area contributed by atoms with Gasteiger partial charge in [-0.1, -0.05) is 0 Å². The van der Waals surface area contributed by atoms with E-state index in [2.05, 4.69) is 21.2 Å².